The summed E-state index contributed by atoms with van der Waals surface area (Å²) in [5.74, 6) is 0.275. The minimum absolute atomic E-state index is 0.00390. The minimum Gasteiger partial charge on any atom is -0.491 e. The molecule has 5 rings (SSSR count). The summed E-state index contributed by atoms with van der Waals surface area (Å²) >= 11 is 0. The van der Waals surface area contributed by atoms with Crippen molar-refractivity contribution >= 4 is 0 Å². The molecule has 0 bridgehead atoms. The number of hydrogen-bond acceptors (Lipinski definition) is 20. The molecule has 5 aromatic carbocycles. The summed E-state index contributed by atoms with van der Waals surface area (Å²) < 4.78 is 431. The van der Waals surface area contributed by atoms with E-state index in [4.69, 9.17) is 92.2 Å². The predicted octanol–water partition coefficient (Wildman–Crippen LogP) is 8.07. The van der Waals surface area contributed by atoms with Crippen LogP contribution >= 0.6 is 0 Å². The third-order valence-electron chi connectivity index (χ3n) is 9.76. The van der Waals surface area contributed by atoms with Gasteiger partial charge in [-0.3, -0.25) is 0 Å². The highest BCUT2D eigenvalue weighted by Gasteiger charge is 2.11. The molecule has 0 heterocycles. The van der Waals surface area contributed by atoms with Crippen LogP contribution in [0.25, 0.3) is 0 Å². The first-order valence-electron chi connectivity index (χ1n) is 53.1. The monoisotopic (exact) mass is 1390 g/mol. The van der Waals surface area contributed by atoms with Gasteiger partial charge in [0, 0.05) is 146 Å². The smallest absolute Gasteiger partial charge is 0.119 e. The fourth-order valence-corrected chi connectivity index (χ4v) is 5.58. The van der Waals surface area contributed by atoms with Crippen LogP contribution in [0.4, 0.5) is 0 Å². The normalized spacial score (nSPS) is 26.0. The maximum absolute atomic E-state index is 10.2. The zero-order valence-electron chi connectivity index (χ0n) is 105. The molecule has 20 nitrogen and oxygen atoms in total. The average molecular weight is 1390 g/mol. The molecular formula is C75H125N5O15. The Hall–Kier alpha value is -5.50. The topological polar surface area (TPSA) is 254 Å². The number of hydrogen-bond donors (Lipinski definition) is 10. The van der Waals surface area contributed by atoms with Crippen molar-refractivity contribution in [1.29, 1.82) is 0 Å². The molecular weight excluding hydrogens is 1210 g/mol. The molecule has 5 aromatic rings. The van der Waals surface area contributed by atoms with Crippen LogP contribution in [-0.2, 0) is 55.5 Å². The summed E-state index contributed by atoms with van der Waals surface area (Å²) in [4.78, 5) is 0. The quantitative estimate of drug-likeness (QED) is 0.0177. The van der Waals surface area contributed by atoms with Gasteiger partial charge in [-0.15, -0.1) is 0 Å². The van der Waals surface area contributed by atoms with Crippen molar-refractivity contribution < 1.29 is 141 Å². The van der Waals surface area contributed by atoms with Crippen LogP contribution in [0, 0.1) is 0 Å². The third-order valence-corrected chi connectivity index (χ3v) is 9.76. The second-order valence-electron chi connectivity index (χ2n) is 18.6. The lowest BCUT2D eigenvalue weighted by molar-refractivity contribution is 0.104. The Bertz CT molecular complexity index is 4780. The van der Waals surface area contributed by atoms with E-state index in [1.807, 2.05) is 5.32 Å². The predicted molar refractivity (Wildman–Crippen MR) is 383 cm³/mol. The van der Waals surface area contributed by atoms with Gasteiger partial charge in [0.1, 0.15) is 92.2 Å². The van der Waals surface area contributed by atoms with E-state index in [-0.39, 0.29) is 62.6 Å². The van der Waals surface area contributed by atoms with Crippen molar-refractivity contribution in [2.24, 2.45) is 0 Å². The van der Waals surface area contributed by atoms with Crippen molar-refractivity contribution in [3.05, 3.63) is 149 Å². The summed E-state index contributed by atoms with van der Waals surface area (Å²) in [5.41, 5.74) is -0.219. The Kier molecular flexibility index (Phi) is 21.4. The number of methoxy groups -OCH3 is 5. The van der Waals surface area contributed by atoms with E-state index >= 15 is 0 Å². The molecule has 0 amide bonds. The van der Waals surface area contributed by atoms with E-state index in [0.29, 0.717) is 0 Å². The summed E-state index contributed by atoms with van der Waals surface area (Å²) in [6.45, 7) is -36.0. The third kappa shape index (κ3) is 50.5. The van der Waals surface area contributed by atoms with Crippen molar-refractivity contribution in [1.82, 2.24) is 26.6 Å². The SMILES string of the molecule is [2H]C(C)(C)NC([2H])([2H])C([2H])(O)COc1ccc(C([2H])([2H])C([2H])([2H])OC)cc1.[2H]C(O)(COc1ccc(C([2H])([2H])C([2H])([2H])OC)cc1)C([2H])([2H])NC(C)C.[2H]C([2H])([2H])C(C)NC([2H])([2H])C([2H])(O)COc1ccc(C([2H])([2H])C([2H])([2H])OC)cc1.[2H]C([2H])([2H])C([2H])(C)NC([2H])([2H])C([2H])(O)COc1ccc(C([2H])([2H])C([2H])([2H])OC)cc1.[2H]C([2H])([2H])C([2H])(NC([2H])([2H])C([2H])(O)COc1ccc(C([2H])([2H])C([2H])([2H])OC)cc1)C([2H])([2H])[2H]. The standard InChI is InChI=1S/5C15H25NO3/c5*1-12(2)16-10-14(17)11-19-15-6-4-13(5-7-15)8-9-18-3/h5*4-7,12,14,16-17H,8-11H2,1-3H3/i1D3,2D3,8D2,9D2,10D2,12D,14D;1D3,8D2,9D2,10D2,12D,14D;8D2,9D2,10D2,12D,14D;1D3,8D2,9D2,10D2,14D;8D2,9D2,10D2,14D. The number of benzene rings is 5. The molecule has 10 N–H and O–H groups in total. The van der Waals surface area contributed by atoms with Crippen molar-refractivity contribution in [3.8, 4) is 28.7 Å². The second kappa shape index (κ2) is 56.5. The van der Waals surface area contributed by atoms with E-state index < -0.39 is 212 Å². The van der Waals surface area contributed by atoms with E-state index in [1.165, 1.54) is 123 Å². The van der Waals surface area contributed by atoms with Crippen LogP contribution in [0.3, 0.4) is 0 Å². The van der Waals surface area contributed by atoms with E-state index in [9.17, 15) is 25.5 Å². The summed E-state index contributed by atoms with van der Waals surface area (Å²) in [6, 6.07) is 15.8. The average Bonchev–Trinajstić information content (AvgIpc) is 0.740. The first kappa shape index (κ1) is 36.0. The highest BCUT2D eigenvalue weighted by Crippen LogP contribution is 2.17. The van der Waals surface area contributed by atoms with Crippen LogP contribution in [0.2, 0.25) is 0 Å². The molecule has 0 saturated carbocycles. The number of aliphatic hydroxyl groups is 5. The zero-order chi connectivity index (χ0) is 115. The number of ether oxygens (including phenoxy) is 10. The summed E-state index contributed by atoms with van der Waals surface area (Å²) in [6.07, 6.45) is -26.7. The summed E-state index contributed by atoms with van der Waals surface area (Å²) in [5, 5.41) is 60.7. The molecule has 7 atom stereocenters. The molecule has 0 radical (unpaired) electrons. The van der Waals surface area contributed by atoms with Gasteiger partial charge in [-0.1, -0.05) is 130 Å². The van der Waals surface area contributed by atoms with Crippen LogP contribution in [0.5, 0.6) is 28.7 Å². The van der Waals surface area contributed by atoms with Gasteiger partial charge in [-0.2, -0.15) is 0 Å². The molecule has 0 saturated heterocycles. The van der Waals surface area contributed by atoms with Crippen LogP contribution in [0.1, 0.15) is 165 Å². The van der Waals surface area contributed by atoms with Gasteiger partial charge in [0.15, 0.2) is 0 Å². The number of aryl methyl sites for hydroxylation is 5. The van der Waals surface area contributed by atoms with Crippen molar-refractivity contribution in [2.75, 3.05) is 134 Å². The van der Waals surface area contributed by atoms with Gasteiger partial charge < -0.3 is 99.5 Å². The molecule has 0 fully saturated rings. The van der Waals surface area contributed by atoms with E-state index in [2.05, 4.69) is 39.6 Å². The second-order valence-corrected chi connectivity index (χ2v) is 18.6. The lowest BCUT2D eigenvalue weighted by Gasteiger charge is -2.15. The molecule has 540 valence electrons. The van der Waals surface area contributed by atoms with Gasteiger partial charge in [0.2, 0.25) is 0 Å². The fourth-order valence-electron chi connectivity index (χ4n) is 5.58. The molecule has 7 unspecified atom stereocenters. The van der Waals surface area contributed by atoms with Crippen LogP contribution < -0.4 is 50.3 Å². The lowest BCUT2D eigenvalue weighted by atomic mass is 10.1. The summed E-state index contributed by atoms with van der Waals surface area (Å²) in [7, 11) is 5.20. The Labute approximate surface area is 641 Å². The van der Waals surface area contributed by atoms with E-state index in [0.717, 1.165) is 66.7 Å². The maximum atomic E-state index is 10.2. The fraction of sp³-hybridized carbons (Fsp3) is 0.600. The Morgan fingerprint density at radius 3 is 0.716 bits per heavy atom. The molecule has 0 aliphatic rings. The first-order valence-corrected chi connectivity index (χ1v) is 28.1. The number of rotatable bonds is 45. The Balaban J connectivity index is 0.000000908. The van der Waals surface area contributed by atoms with Gasteiger partial charge in [-0.05, 0) is 120 Å². The zero-order valence-corrected chi connectivity index (χ0v) is 54.6. The first-order chi connectivity index (χ1) is 64.1. The van der Waals surface area contributed by atoms with Crippen LogP contribution in [-0.4, -0.2) is 220 Å². The highest BCUT2D eigenvalue weighted by molar-refractivity contribution is 5.31. The van der Waals surface area contributed by atoms with Crippen molar-refractivity contribution in [2.45, 2.75) is 161 Å². The van der Waals surface area contributed by atoms with Gasteiger partial charge in [-0.25, -0.2) is 0 Å². The minimum atomic E-state index is -3.55. The molecule has 20 heteroatoms. The lowest BCUT2D eigenvalue weighted by Crippen LogP contribution is -2.35. The molecule has 0 aromatic heterocycles. The van der Waals surface area contributed by atoms with E-state index in [1.54, 1.807) is 13.8 Å². The van der Waals surface area contributed by atoms with Gasteiger partial charge >= 0.3 is 0 Å². The Morgan fingerprint density at radius 2 is 0.516 bits per heavy atom. The Morgan fingerprint density at radius 1 is 0.305 bits per heavy atom. The molecule has 95 heavy (non-hydrogen) atoms. The van der Waals surface area contributed by atoms with Gasteiger partial charge in [0.05, 0.1) is 53.4 Å². The molecule has 0 aliphatic carbocycles. The largest absolute Gasteiger partial charge is 0.491 e. The molecule has 0 aliphatic heterocycles. The van der Waals surface area contributed by atoms with Crippen LogP contribution in [0.15, 0.2) is 121 Å². The molecule has 0 spiro atoms. The maximum Gasteiger partial charge on any atom is 0.119 e. The van der Waals surface area contributed by atoms with Gasteiger partial charge in [0.25, 0.3) is 0 Å². The number of nitrogens with one attached hydrogen (secondary N) is 5. The highest BCUT2D eigenvalue weighted by atomic mass is 16.5. The van der Waals surface area contributed by atoms with Crippen molar-refractivity contribution in [3.63, 3.8) is 0 Å².